The molecule has 1 aromatic rings. The lowest BCUT2D eigenvalue weighted by molar-refractivity contribution is 0.113. The highest BCUT2D eigenvalue weighted by atomic mass is 16.5. The molecule has 1 aliphatic rings. The van der Waals surface area contributed by atoms with Crippen LogP contribution in [0.25, 0.3) is 0 Å². The van der Waals surface area contributed by atoms with E-state index in [4.69, 9.17) is 4.74 Å². The summed E-state index contributed by atoms with van der Waals surface area (Å²) in [5.41, 5.74) is 1.43. The van der Waals surface area contributed by atoms with E-state index in [1.165, 1.54) is 5.56 Å². The van der Waals surface area contributed by atoms with Crippen LogP contribution < -0.4 is 5.32 Å². The number of methoxy groups -OCH3 is 1. The Balaban J connectivity index is 1.91. The van der Waals surface area contributed by atoms with Gasteiger partial charge in [0.15, 0.2) is 0 Å². The molecule has 2 atom stereocenters. The monoisotopic (exact) mass is 262 g/mol. The van der Waals surface area contributed by atoms with Gasteiger partial charge in [-0.25, -0.2) is 0 Å². The van der Waals surface area contributed by atoms with E-state index in [9.17, 15) is 0 Å². The van der Waals surface area contributed by atoms with Crippen LogP contribution in [0.1, 0.15) is 18.9 Å². The molecule has 2 unspecified atom stereocenters. The van der Waals surface area contributed by atoms with Crippen LogP contribution in [-0.2, 0) is 11.2 Å². The highest BCUT2D eigenvalue weighted by molar-refractivity contribution is 5.16. The van der Waals surface area contributed by atoms with Crippen LogP contribution in [0, 0.1) is 0 Å². The summed E-state index contributed by atoms with van der Waals surface area (Å²) in [7, 11) is 1.78. The van der Waals surface area contributed by atoms with Gasteiger partial charge in [-0.15, -0.1) is 0 Å². The molecule has 0 radical (unpaired) electrons. The van der Waals surface area contributed by atoms with Gasteiger partial charge >= 0.3 is 0 Å². The average Bonchev–Trinajstić information content (AvgIpc) is 2.43. The lowest BCUT2D eigenvalue weighted by Gasteiger charge is -2.39. The summed E-state index contributed by atoms with van der Waals surface area (Å²) in [6, 6.07) is 12.0. The number of nitrogens with zero attached hydrogens (tertiary/aromatic N) is 1. The van der Waals surface area contributed by atoms with Gasteiger partial charge in [0.05, 0.1) is 0 Å². The van der Waals surface area contributed by atoms with Crippen LogP contribution in [0.5, 0.6) is 0 Å². The van der Waals surface area contributed by atoms with Crippen LogP contribution in [0.4, 0.5) is 0 Å². The summed E-state index contributed by atoms with van der Waals surface area (Å²) in [5, 5.41) is 3.60. The Morgan fingerprint density at radius 2 is 2.11 bits per heavy atom. The number of ether oxygens (including phenoxy) is 1. The van der Waals surface area contributed by atoms with Crippen molar-refractivity contribution >= 4 is 0 Å². The van der Waals surface area contributed by atoms with Gasteiger partial charge in [0, 0.05) is 45.4 Å². The molecule has 0 saturated carbocycles. The number of rotatable bonds is 6. The maximum atomic E-state index is 5.17. The Morgan fingerprint density at radius 1 is 1.32 bits per heavy atom. The first-order valence-corrected chi connectivity index (χ1v) is 7.30. The predicted octanol–water partition coefficient (Wildman–Crippen LogP) is 1.93. The maximum absolute atomic E-state index is 5.17. The van der Waals surface area contributed by atoms with Crippen LogP contribution in [0.3, 0.4) is 0 Å². The SMILES string of the molecule is COCCCN1CC(C)NCC1Cc1ccccc1. The van der Waals surface area contributed by atoms with Crippen LogP contribution in [0.2, 0.25) is 0 Å². The zero-order valence-electron chi connectivity index (χ0n) is 12.1. The Kier molecular flexibility index (Phi) is 5.83. The summed E-state index contributed by atoms with van der Waals surface area (Å²) < 4.78 is 5.17. The third kappa shape index (κ3) is 4.60. The fraction of sp³-hybridized carbons (Fsp3) is 0.625. The molecule has 106 valence electrons. The molecule has 1 saturated heterocycles. The molecule has 0 bridgehead atoms. The minimum absolute atomic E-state index is 0.592. The summed E-state index contributed by atoms with van der Waals surface area (Å²) >= 11 is 0. The normalized spacial score (nSPS) is 24.5. The minimum atomic E-state index is 0.592. The standard InChI is InChI=1S/C16H26N2O/c1-14-13-18(9-6-10-19-2)16(12-17-14)11-15-7-4-3-5-8-15/h3-5,7-8,14,16-17H,6,9-13H2,1-2H3. The first-order chi connectivity index (χ1) is 9.29. The number of benzene rings is 1. The maximum Gasteiger partial charge on any atom is 0.0474 e. The number of nitrogens with one attached hydrogen (secondary N) is 1. The number of hydrogen-bond donors (Lipinski definition) is 1. The van der Waals surface area contributed by atoms with Crippen molar-refractivity contribution in [3.05, 3.63) is 35.9 Å². The second kappa shape index (κ2) is 7.63. The van der Waals surface area contributed by atoms with E-state index in [0.29, 0.717) is 12.1 Å². The van der Waals surface area contributed by atoms with Crippen LogP contribution in [0.15, 0.2) is 30.3 Å². The zero-order valence-corrected chi connectivity index (χ0v) is 12.1. The Bertz CT molecular complexity index is 355. The fourth-order valence-corrected chi connectivity index (χ4v) is 2.80. The molecule has 0 spiro atoms. The quantitative estimate of drug-likeness (QED) is 0.793. The Morgan fingerprint density at radius 3 is 2.84 bits per heavy atom. The van der Waals surface area contributed by atoms with Crippen molar-refractivity contribution < 1.29 is 4.74 Å². The second-order valence-corrected chi connectivity index (χ2v) is 5.49. The number of hydrogen-bond acceptors (Lipinski definition) is 3. The lowest BCUT2D eigenvalue weighted by atomic mass is 10.0. The molecular formula is C16H26N2O. The lowest BCUT2D eigenvalue weighted by Crippen LogP contribution is -2.56. The van der Waals surface area contributed by atoms with Crippen molar-refractivity contribution in [3.63, 3.8) is 0 Å². The molecular weight excluding hydrogens is 236 g/mol. The Hall–Kier alpha value is -0.900. The topological polar surface area (TPSA) is 24.5 Å². The number of piperazine rings is 1. The molecule has 2 rings (SSSR count). The average molecular weight is 262 g/mol. The van der Waals surface area contributed by atoms with E-state index in [-0.39, 0.29) is 0 Å². The van der Waals surface area contributed by atoms with Gasteiger partial charge in [-0.05, 0) is 25.3 Å². The van der Waals surface area contributed by atoms with Crippen LogP contribution in [-0.4, -0.2) is 50.3 Å². The fourth-order valence-electron chi connectivity index (χ4n) is 2.80. The van der Waals surface area contributed by atoms with Gasteiger partial charge in [0.2, 0.25) is 0 Å². The molecule has 0 amide bonds. The summed E-state index contributed by atoms with van der Waals surface area (Å²) in [6.07, 6.45) is 2.25. The summed E-state index contributed by atoms with van der Waals surface area (Å²) in [5.74, 6) is 0. The molecule has 3 nitrogen and oxygen atoms in total. The van der Waals surface area contributed by atoms with E-state index < -0.39 is 0 Å². The van der Waals surface area contributed by atoms with Crippen molar-refractivity contribution in [3.8, 4) is 0 Å². The molecule has 1 N–H and O–H groups in total. The largest absolute Gasteiger partial charge is 0.385 e. The molecule has 19 heavy (non-hydrogen) atoms. The predicted molar refractivity (Wildman–Crippen MR) is 79.5 cm³/mol. The molecule has 3 heteroatoms. The van der Waals surface area contributed by atoms with E-state index in [2.05, 4.69) is 47.5 Å². The Labute approximate surface area is 116 Å². The molecule has 1 heterocycles. The summed E-state index contributed by atoms with van der Waals surface area (Å²) in [4.78, 5) is 2.62. The van der Waals surface area contributed by atoms with Crippen molar-refractivity contribution in [1.29, 1.82) is 0 Å². The first-order valence-electron chi connectivity index (χ1n) is 7.30. The van der Waals surface area contributed by atoms with Crippen LogP contribution >= 0.6 is 0 Å². The molecule has 0 aliphatic carbocycles. The van der Waals surface area contributed by atoms with E-state index in [1.54, 1.807) is 7.11 Å². The molecule has 1 aliphatic heterocycles. The van der Waals surface area contributed by atoms with Gasteiger partial charge in [-0.2, -0.15) is 0 Å². The highest BCUT2D eigenvalue weighted by Gasteiger charge is 2.25. The van der Waals surface area contributed by atoms with E-state index in [1.807, 2.05) is 0 Å². The molecule has 1 fully saturated rings. The summed E-state index contributed by atoms with van der Waals surface area (Å²) in [6.45, 7) is 6.49. The van der Waals surface area contributed by atoms with Crippen molar-refractivity contribution in [2.75, 3.05) is 33.4 Å². The third-order valence-electron chi connectivity index (χ3n) is 3.83. The van der Waals surface area contributed by atoms with E-state index >= 15 is 0 Å². The van der Waals surface area contributed by atoms with Crippen molar-refractivity contribution in [1.82, 2.24) is 10.2 Å². The smallest absolute Gasteiger partial charge is 0.0474 e. The molecule has 0 aromatic heterocycles. The van der Waals surface area contributed by atoms with Crippen molar-refractivity contribution in [2.24, 2.45) is 0 Å². The zero-order chi connectivity index (χ0) is 13.5. The first kappa shape index (κ1) is 14.5. The van der Waals surface area contributed by atoms with Crippen molar-refractivity contribution in [2.45, 2.75) is 31.8 Å². The van der Waals surface area contributed by atoms with Gasteiger partial charge in [0.25, 0.3) is 0 Å². The van der Waals surface area contributed by atoms with E-state index in [0.717, 1.165) is 39.1 Å². The third-order valence-corrected chi connectivity index (χ3v) is 3.83. The van der Waals surface area contributed by atoms with Gasteiger partial charge in [-0.3, -0.25) is 4.90 Å². The van der Waals surface area contributed by atoms with Gasteiger partial charge < -0.3 is 10.1 Å². The minimum Gasteiger partial charge on any atom is -0.385 e. The second-order valence-electron chi connectivity index (χ2n) is 5.49. The molecule has 1 aromatic carbocycles. The highest BCUT2D eigenvalue weighted by Crippen LogP contribution is 2.13. The van der Waals surface area contributed by atoms with Gasteiger partial charge in [-0.1, -0.05) is 30.3 Å². The van der Waals surface area contributed by atoms with Gasteiger partial charge in [0.1, 0.15) is 0 Å².